The lowest BCUT2D eigenvalue weighted by Gasteiger charge is -2.35. The number of halogens is 1. The van der Waals surface area contributed by atoms with E-state index in [-0.39, 0.29) is 24.3 Å². The number of rotatable bonds is 12. The molecule has 0 unspecified atom stereocenters. The summed E-state index contributed by atoms with van der Waals surface area (Å²) in [4.78, 5) is 24.3. The van der Waals surface area contributed by atoms with Gasteiger partial charge in [0.1, 0.15) is 10.1 Å². The number of aromatic nitrogens is 2. The summed E-state index contributed by atoms with van der Waals surface area (Å²) < 4.78 is 21.1. The van der Waals surface area contributed by atoms with Gasteiger partial charge >= 0.3 is 0 Å². The molecule has 13 heteroatoms. The van der Waals surface area contributed by atoms with E-state index in [2.05, 4.69) is 42.3 Å². The van der Waals surface area contributed by atoms with Crippen molar-refractivity contribution in [3.63, 3.8) is 0 Å². The largest absolute Gasteiger partial charge is 0.493 e. The molecule has 4 rings (SSSR count). The van der Waals surface area contributed by atoms with Gasteiger partial charge < -0.3 is 30.7 Å². The van der Waals surface area contributed by atoms with E-state index >= 15 is 0 Å². The molecule has 2 heterocycles. The molecule has 0 atom stereocenters. The molecule has 2 aromatic carbocycles. The monoisotopic (exact) mass is 597 g/mol. The zero-order valence-corrected chi connectivity index (χ0v) is 24.0. The molecule has 3 aromatic rings. The van der Waals surface area contributed by atoms with Crippen molar-refractivity contribution < 1.29 is 19.0 Å². The Morgan fingerprint density at radius 1 is 1.12 bits per heavy atom. The minimum atomic E-state index is -0.624. The molecular formula is C28H32FN7O3S2. The van der Waals surface area contributed by atoms with Gasteiger partial charge in [0.15, 0.2) is 11.6 Å². The lowest BCUT2D eigenvalue weighted by molar-refractivity contribution is -0.111. The van der Waals surface area contributed by atoms with Gasteiger partial charge in [0.05, 0.1) is 19.4 Å². The number of anilines is 5. The highest BCUT2D eigenvalue weighted by molar-refractivity contribution is 8.22. The maximum absolute atomic E-state index is 14.4. The van der Waals surface area contributed by atoms with Gasteiger partial charge in [0.2, 0.25) is 11.9 Å². The van der Waals surface area contributed by atoms with Crippen LogP contribution in [-0.2, 0) is 4.79 Å². The Balaban J connectivity index is 1.24. The van der Waals surface area contributed by atoms with Gasteiger partial charge in [0.25, 0.3) is 0 Å². The quantitative estimate of drug-likeness (QED) is 0.137. The van der Waals surface area contributed by atoms with E-state index in [0.717, 1.165) is 42.4 Å². The normalized spacial score (nSPS) is 13.4. The average Bonchev–Trinajstić information content (AvgIpc) is 2.98. The fourth-order valence-electron chi connectivity index (χ4n) is 3.96. The number of aliphatic hydroxyl groups is 1. The van der Waals surface area contributed by atoms with Gasteiger partial charge in [-0.25, -0.2) is 9.37 Å². The molecule has 41 heavy (non-hydrogen) atoms. The molecule has 0 spiro atoms. The lowest BCUT2D eigenvalue weighted by atomic mass is 10.2. The lowest BCUT2D eigenvalue weighted by Crippen LogP contribution is -2.48. The molecule has 216 valence electrons. The van der Waals surface area contributed by atoms with Crippen LogP contribution in [0.1, 0.15) is 0 Å². The van der Waals surface area contributed by atoms with E-state index in [1.54, 1.807) is 36.0 Å². The molecule has 1 aliphatic heterocycles. The molecule has 1 saturated heterocycles. The molecule has 1 amide bonds. The predicted molar refractivity (Wildman–Crippen MR) is 166 cm³/mol. The molecule has 1 fully saturated rings. The summed E-state index contributed by atoms with van der Waals surface area (Å²) in [6.45, 7) is 8.39. The van der Waals surface area contributed by atoms with Crippen molar-refractivity contribution in [3.8, 4) is 5.75 Å². The highest BCUT2D eigenvalue weighted by Gasteiger charge is 2.18. The van der Waals surface area contributed by atoms with Crippen LogP contribution in [-0.4, -0.2) is 86.8 Å². The minimum absolute atomic E-state index is 0.0166. The highest BCUT2D eigenvalue weighted by Crippen LogP contribution is 2.24. The second-order valence-corrected chi connectivity index (χ2v) is 10.7. The maximum Gasteiger partial charge on any atom is 0.247 e. The van der Waals surface area contributed by atoms with Crippen molar-refractivity contribution in [2.75, 3.05) is 67.6 Å². The van der Waals surface area contributed by atoms with E-state index in [1.807, 2.05) is 24.3 Å². The van der Waals surface area contributed by atoms with Crippen LogP contribution < -0.4 is 20.7 Å². The smallest absolute Gasteiger partial charge is 0.247 e. The first-order valence-corrected chi connectivity index (χ1v) is 14.4. The number of hydrogen-bond acceptors (Lipinski definition) is 10. The van der Waals surface area contributed by atoms with E-state index in [0.29, 0.717) is 36.0 Å². The van der Waals surface area contributed by atoms with Crippen molar-refractivity contribution in [2.45, 2.75) is 0 Å². The fraction of sp³-hybridized carbons (Fsp3) is 0.286. The molecule has 10 nitrogen and oxygen atoms in total. The molecular weight excluding hydrogens is 565 g/mol. The SMILES string of the molecule is C=CC(=O)Nc1cccc(Nc2nc(Nc3ccc(OCCSC(=S)N4CCN(CCO)CC4)cc3)ncc2F)c1. The van der Waals surface area contributed by atoms with Gasteiger partial charge in [-0.05, 0) is 48.5 Å². The van der Waals surface area contributed by atoms with E-state index in [9.17, 15) is 9.18 Å². The molecule has 0 radical (unpaired) electrons. The molecule has 0 aliphatic carbocycles. The number of carbonyl (C=O) groups is 1. The number of hydrogen-bond donors (Lipinski definition) is 4. The van der Waals surface area contributed by atoms with Crippen LogP contribution in [0.5, 0.6) is 5.75 Å². The average molecular weight is 598 g/mol. The summed E-state index contributed by atoms with van der Waals surface area (Å²) in [7, 11) is 0. The fourth-order valence-corrected chi connectivity index (χ4v) is 5.10. The molecule has 0 saturated carbocycles. The Kier molecular flexibility index (Phi) is 11.3. The number of nitrogens with one attached hydrogen (secondary N) is 3. The van der Waals surface area contributed by atoms with Crippen LogP contribution in [0.4, 0.5) is 33.2 Å². The van der Waals surface area contributed by atoms with Crippen molar-refractivity contribution in [2.24, 2.45) is 0 Å². The Bertz CT molecular complexity index is 1340. The van der Waals surface area contributed by atoms with E-state index < -0.39 is 5.82 Å². The summed E-state index contributed by atoms with van der Waals surface area (Å²) in [5.74, 6) is 0.671. The van der Waals surface area contributed by atoms with Gasteiger partial charge in [-0.1, -0.05) is 36.6 Å². The van der Waals surface area contributed by atoms with Crippen LogP contribution in [0.2, 0.25) is 0 Å². The van der Waals surface area contributed by atoms with E-state index in [1.165, 1.54) is 6.08 Å². The number of benzene rings is 2. The van der Waals surface area contributed by atoms with Crippen LogP contribution in [0.25, 0.3) is 0 Å². The second-order valence-electron chi connectivity index (χ2n) is 8.95. The first kappa shape index (κ1) is 30.2. The summed E-state index contributed by atoms with van der Waals surface area (Å²) in [5, 5.41) is 17.7. The number of nitrogens with zero attached hydrogens (tertiary/aromatic N) is 4. The number of carbonyl (C=O) groups excluding carboxylic acids is 1. The summed E-state index contributed by atoms with van der Waals surface area (Å²) in [6, 6.07) is 14.1. The summed E-state index contributed by atoms with van der Waals surface area (Å²) >= 11 is 7.17. The molecule has 4 N–H and O–H groups in total. The first-order chi connectivity index (χ1) is 19.9. The first-order valence-electron chi connectivity index (χ1n) is 13.0. The third kappa shape index (κ3) is 9.39. The van der Waals surface area contributed by atoms with Crippen LogP contribution in [0.3, 0.4) is 0 Å². The second kappa shape index (κ2) is 15.3. The van der Waals surface area contributed by atoms with Gasteiger partial charge in [0, 0.05) is 55.5 Å². The Morgan fingerprint density at radius 3 is 2.61 bits per heavy atom. The third-order valence-electron chi connectivity index (χ3n) is 6.06. The van der Waals surface area contributed by atoms with Crippen molar-refractivity contribution in [1.82, 2.24) is 19.8 Å². The zero-order valence-electron chi connectivity index (χ0n) is 22.4. The highest BCUT2D eigenvalue weighted by atomic mass is 32.2. The van der Waals surface area contributed by atoms with Crippen LogP contribution >= 0.6 is 24.0 Å². The standard InChI is InChI=1S/C28H32FN7O3S2/c1-2-25(38)31-21-4-3-5-22(18-21)32-26-24(29)19-30-27(34-26)33-20-6-8-23(9-7-20)39-16-17-41-28(40)36-12-10-35(11-13-36)14-15-37/h2-9,18-19,37H,1,10-17H2,(H,31,38)(H2,30,32,33,34). The van der Waals surface area contributed by atoms with Gasteiger partial charge in [-0.3, -0.25) is 9.69 Å². The number of amides is 1. The molecule has 1 aromatic heterocycles. The van der Waals surface area contributed by atoms with Crippen molar-refractivity contribution >= 4 is 63.0 Å². The third-order valence-corrected chi connectivity index (χ3v) is 7.54. The van der Waals surface area contributed by atoms with Gasteiger partial charge in [-0.2, -0.15) is 4.98 Å². The Labute approximate surface area is 248 Å². The maximum atomic E-state index is 14.4. The number of thioether (sulfide) groups is 1. The summed E-state index contributed by atoms with van der Waals surface area (Å²) in [5.41, 5.74) is 1.78. The topological polar surface area (TPSA) is 115 Å². The van der Waals surface area contributed by atoms with Crippen LogP contribution in [0.15, 0.2) is 67.4 Å². The number of thiocarbonyl (C=S) groups is 1. The number of aliphatic hydroxyl groups excluding tert-OH is 1. The predicted octanol–water partition coefficient (Wildman–Crippen LogP) is 4.23. The number of β-amino-alcohol motifs (C(OH)–C–C–N with tert-alkyl or cyclic N) is 1. The molecule has 0 bridgehead atoms. The Hall–Kier alpha value is -3.78. The minimum Gasteiger partial charge on any atom is -0.493 e. The number of ether oxygens (including phenoxy) is 1. The number of piperazine rings is 1. The van der Waals surface area contributed by atoms with Crippen molar-refractivity contribution in [1.29, 1.82) is 0 Å². The van der Waals surface area contributed by atoms with Crippen molar-refractivity contribution in [3.05, 3.63) is 73.2 Å². The Morgan fingerprint density at radius 2 is 1.88 bits per heavy atom. The van der Waals surface area contributed by atoms with Gasteiger partial charge in [-0.15, -0.1) is 0 Å². The zero-order chi connectivity index (χ0) is 29.0. The summed E-state index contributed by atoms with van der Waals surface area (Å²) in [6.07, 6.45) is 2.25. The van der Waals surface area contributed by atoms with Crippen LogP contribution in [0, 0.1) is 5.82 Å². The molecule has 1 aliphatic rings. The van der Waals surface area contributed by atoms with E-state index in [4.69, 9.17) is 22.1 Å².